The lowest BCUT2D eigenvalue weighted by molar-refractivity contribution is 0.0697. The Morgan fingerprint density at radius 2 is 1.74 bits per heavy atom. The van der Waals surface area contributed by atoms with Gasteiger partial charge in [-0.25, -0.2) is 4.79 Å². The van der Waals surface area contributed by atoms with Crippen LogP contribution >= 0.6 is 0 Å². The lowest BCUT2D eigenvalue weighted by Crippen LogP contribution is -1.98. The van der Waals surface area contributed by atoms with E-state index in [0.29, 0.717) is 5.88 Å². The second kappa shape index (κ2) is 5.88. The van der Waals surface area contributed by atoms with E-state index in [1.165, 1.54) is 0 Å². The number of hydrogen-bond donors (Lipinski definition) is 1. The van der Waals surface area contributed by atoms with Gasteiger partial charge in [0, 0.05) is 11.5 Å². The summed E-state index contributed by atoms with van der Waals surface area (Å²) in [5.74, 6) is -0.251. The number of nitrogens with zero attached hydrogens (tertiary/aromatic N) is 1. The van der Waals surface area contributed by atoms with E-state index in [0.717, 1.165) is 32.9 Å². The minimum atomic E-state index is -0.942. The van der Waals surface area contributed by atoms with Crippen molar-refractivity contribution >= 4 is 27.6 Å². The van der Waals surface area contributed by atoms with E-state index in [1.807, 2.05) is 34.9 Å². The first-order chi connectivity index (χ1) is 13.2. The summed E-state index contributed by atoms with van der Waals surface area (Å²) in [6.45, 7) is 0. The second-order valence-corrected chi connectivity index (χ2v) is 6.42. The zero-order chi connectivity index (χ0) is 18.4. The van der Waals surface area contributed by atoms with E-state index in [-0.39, 0.29) is 5.56 Å². The number of hydrogen-bond acceptors (Lipinski definition) is 2. The Morgan fingerprint density at radius 3 is 2.56 bits per heavy atom. The quantitative estimate of drug-likeness (QED) is 0.450. The van der Waals surface area contributed by atoms with Gasteiger partial charge in [-0.15, -0.1) is 0 Å². The van der Waals surface area contributed by atoms with E-state index >= 15 is 0 Å². The van der Waals surface area contributed by atoms with Gasteiger partial charge in [-0.05, 0) is 46.7 Å². The SMILES string of the molecule is O=C(O)c1cccc(-c2cc3c4ccccc4ccc3n2-c2ccco2)c1. The van der Waals surface area contributed by atoms with Crippen LogP contribution in [0, 0.1) is 0 Å². The number of rotatable bonds is 3. The van der Waals surface area contributed by atoms with Crippen molar-refractivity contribution < 1.29 is 14.3 Å². The van der Waals surface area contributed by atoms with Crippen LogP contribution in [0.25, 0.3) is 38.8 Å². The van der Waals surface area contributed by atoms with Gasteiger partial charge in [0.05, 0.1) is 23.0 Å². The summed E-state index contributed by atoms with van der Waals surface area (Å²) in [7, 11) is 0. The molecule has 0 fully saturated rings. The van der Waals surface area contributed by atoms with Crippen molar-refractivity contribution in [3.8, 4) is 17.1 Å². The van der Waals surface area contributed by atoms with Crippen LogP contribution in [-0.2, 0) is 0 Å². The Labute approximate surface area is 154 Å². The fourth-order valence-electron chi connectivity index (χ4n) is 3.62. The Hall–Kier alpha value is -3.79. The van der Waals surface area contributed by atoms with Crippen LogP contribution in [0.3, 0.4) is 0 Å². The predicted octanol–water partition coefficient (Wildman–Crippen LogP) is 5.74. The smallest absolute Gasteiger partial charge is 0.335 e. The summed E-state index contributed by atoms with van der Waals surface area (Å²) in [6.07, 6.45) is 1.64. The standard InChI is InChI=1S/C23H15NO3/c25-23(26)17-7-3-6-16(13-17)21-14-19-18-8-2-1-5-15(18)10-11-20(19)24(21)22-9-4-12-27-22/h1-14H,(H,25,26). The summed E-state index contributed by atoms with van der Waals surface area (Å²) in [6, 6.07) is 25.2. The molecule has 5 aromatic rings. The van der Waals surface area contributed by atoms with Crippen LogP contribution in [-0.4, -0.2) is 15.6 Å². The fourth-order valence-corrected chi connectivity index (χ4v) is 3.62. The lowest BCUT2D eigenvalue weighted by atomic mass is 10.1. The highest BCUT2D eigenvalue weighted by molar-refractivity contribution is 6.09. The topological polar surface area (TPSA) is 55.4 Å². The molecule has 0 unspecified atom stereocenters. The average molecular weight is 353 g/mol. The van der Waals surface area contributed by atoms with Crippen molar-refractivity contribution in [3.05, 3.63) is 90.7 Å². The van der Waals surface area contributed by atoms with Crippen LogP contribution in [0.1, 0.15) is 10.4 Å². The molecule has 1 N–H and O–H groups in total. The predicted molar refractivity (Wildman–Crippen MR) is 105 cm³/mol. The molecule has 0 aliphatic rings. The highest BCUT2D eigenvalue weighted by Crippen LogP contribution is 2.35. The van der Waals surface area contributed by atoms with Gasteiger partial charge in [0.2, 0.25) is 5.88 Å². The molecular formula is C23H15NO3. The van der Waals surface area contributed by atoms with Crippen molar-refractivity contribution in [2.75, 3.05) is 0 Å². The summed E-state index contributed by atoms with van der Waals surface area (Å²) in [5.41, 5.74) is 2.99. The molecule has 2 aromatic heterocycles. The van der Waals surface area contributed by atoms with Gasteiger partial charge in [-0.3, -0.25) is 4.57 Å². The molecule has 3 aromatic carbocycles. The summed E-state index contributed by atoms with van der Waals surface area (Å²) < 4.78 is 7.72. The maximum atomic E-state index is 11.4. The first-order valence-electron chi connectivity index (χ1n) is 8.63. The van der Waals surface area contributed by atoms with Gasteiger partial charge in [0.15, 0.2) is 0 Å². The van der Waals surface area contributed by atoms with E-state index in [1.54, 1.807) is 24.5 Å². The summed E-state index contributed by atoms with van der Waals surface area (Å²) >= 11 is 0. The maximum Gasteiger partial charge on any atom is 0.335 e. The molecule has 4 heteroatoms. The third kappa shape index (κ3) is 2.42. The first-order valence-corrected chi connectivity index (χ1v) is 8.63. The van der Waals surface area contributed by atoms with Crippen LogP contribution in [0.2, 0.25) is 0 Å². The van der Waals surface area contributed by atoms with Crippen LogP contribution < -0.4 is 0 Å². The van der Waals surface area contributed by atoms with E-state index in [2.05, 4.69) is 30.3 Å². The molecule has 130 valence electrons. The average Bonchev–Trinajstić information content (AvgIpc) is 3.35. The first kappa shape index (κ1) is 15.5. The highest BCUT2D eigenvalue weighted by atomic mass is 16.4. The molecule has 0 radical (unpaired) electrons. The number of benzene rings is 3. The zero-order valence-corrected chi connectivity index (χ0v) is 14.3. The van der Waals surface area contributed by atoms with Gasteiger partial charge in [-0.2, -0.15) is 0 Å². The highest BCUT2D eigenvalue weighted by Gasteiger charge is 2.16. The number of fused-ring (bicyclic) bond motifs is 3. The molecule has 0 saturated carbocycles. The van der Waals surface area contributed by atoms with Crippen LogP contribution in [0.5, 0.6) is 0 Å². The third-order valence-corrected chi connectivity index (χ3v) is 4.84. The summed E-state index contributed by atoms with van der Waals surface area (Å²) in [5, 5.41) is 12.8. The summed E-state index contributed by atoms with van der Waals surface area (Å²) in [4.78, 5) is 11.4. The van der Waals surface area contributed by atoms with E-state index < -0.39 is 5.97 Å². The minimum absolute atomic E-state index is 0.258. The van der Waals surface area contributed by atoms with Crippen molar-refractivity contribution in [2.45, 2.75) is 0 Å². The Balaban J connectivity index is 1.88. The van der Waals surface area contributed by atoms with E-state index in [9.17, 15) is 9.90 Å². The minimum Gasteiger partial charge on any atom is -0.478 e. The molecule has 27 heavy (non-hydrogen) atoms. The van der Waals surface area contributed by atoms with Gasteiger partial charge in [0.25, 0.3) is 0 Å². The molecular weight excluding hydrogens is 338 g/mol. The van der Waals surface area contributed by atoms with Gasteiger partial charge in [0.1, 0.15) is 0 Å². The number of carboxylic acid groups (broad SMARTS) is 1. The van der Waals surface area contributed by atoms with Gasteiger partial charge >= 0.3 is 5.97 Å². The normalized spacial score (nSPS) is 11.3. The molecule has 2 heterocycles. The Kier molecular flexibility index (Phi) is 3.37. The maximum absolute atomic E-state index is 11.4. The molecule has 0 amide bonds. The molecule has 0 spiro atoms. The molecule has 4 nitrogen and oxygen atoms in total. The largest absolute Gasteiger partial charge is 0.478 e. The third-order valence-electron chi connectivity index (χ3n) is 4.84. The number of carboxylic acids is 1. The van der Waals surface area contributed by atoms with Crippen molar-refractivity contribution in [3.63, 3.8) is 0 Å². The fraction of sp³-hybridized carbons (Fsp3) is 0. The van der Waals surface area contributed by atoms with Crippen molar-refractivity contribution in [1.29, 1.82) is 0 Å². The van der Waals surface area contributed by atoms with Crippen LogP contribution in [0.15, 0.2) is 89.5 Å². The molecule has 0 aliphatic heterocycles. The second-order valence-electron chi connectivity index (χ2n) is 6.42. The zero-order valence-electron chi connectivity index (χ0n) is 14.3. The number of aromatic nitrogens is 1. The van der Waals surface area contributed by atoms with Crippen molar-refractivity contribution in [1.82, 2.24) is 4.57 Å². The van der Waals surface area contributed by atoms with Gasteiger partial charge in [-0.1, -0.05) is 42.5 Å². The molecule has 0 aliphatic carbocycles. The Bertz CT molecular complexity index is 1300. The van der Waals surface area contributed by atoms with Crippen LogP contribution in [0.4, 0.5) is 0 Å². The molecule has 0 bridgehead atoms. The monoisotopic (exact) mass is 353 g/mol. The lowest BCUT2D eigenvalue weighted by Gasteiger charge is -2.09. The Morgan fingerprint density at radius 1 is 0.852 bits per heavy atom. The van der Waals surface area contributed by atoms with Gasteiger partial charge < -0.3 is 9.52 Å². The molecule has 0 saturated heterocycles. The molecule has 5 rings (SSSR count). The molecule has 0 atom stereocenters. The number of furan rings is 1. The number of carbonyl (C=O) groups is 1. The van der Waals surface area contributed by atoms with E-state index in [4.69, 9.17) is 4.42 Å². The van der Waals surface area contributed by atoms with Crippen molar-refractivity contribution in [2.24, 2.45) is 0 Å². The number of aromatic carboxylic acids is 1.